The SMILES string of the molecule is CN1CN=C(Oc2ccc(S(=O)(=O)C3CC3)cc2F)C=C1OC1CC[N+](C)(C(=O)OC(C)(C)C)CC1. The van der Waals surface area contributed by atoms with Gasteiger partial charge in [-0.1, -0.05) is 0 Å². The number of nitrogens with zero attached hydrogens (tertiary/aromatic N) is 3. The van der Waals surface area contributed by atoms with Gasteiger partial charge in [0.25, 0.3) is 0 Å². The fourth-order valence-corrected chi connectivity index (χ4v) is 5.74. The lowest BCUT2D eigenvalue weighted by Crippen LogP contribution is -2.56. The number of quaternary nitrogens is 1. The Labute approximate surface area is 212 Å². The van der Waals surface area contributed by atoms with Gasteiger partial charge in [-0.3, -0.25) is 0 Å². The van der Waals surface area contributed by atoms with Gasteiger partial charge in [0.15, 0.2) is 27.3 Å². The summed E-state index contributed by atoms with van der Waals surface area (Å²) in [6, 6.07) is 3.68. The van der Waals surface area contributed by atoms with E-state index in [0.717, 1.165) is 6.07 Å². The van der Waals surface area contributed by atoms with Crippen molar-refractivity contribution >= 4 is 21.8 Å². The number of sulfone groups is 1. The van der Waals surface area contributed by atoms with E-state index >= 15 is 0 Å². The van der Waals surface area contributed by atoms with Crippen molar-refractivity contribution in [3.05, 3.63) is 36.0 Å². The molecule has 0 N–H and O–H groups in total. The molecule has 1 saturated carbocycles. The molecule has 9 nitrogen and oxygen atoms in total. The maximum absolute atomic E-state index is 14.7. The zero-order valence-electron chi connectivity index (χ0n) is 21.5. The molecule has 2 aliphatic heterocycles. The third-order valence-electron chi connectivity index (χ3n) is 6.48. The first-order valence-corrected chi connectivity index (χ1v) is 13.7. The molecular weight excluding hydrogens is 489 g/mol. The molecule has 1 aromatic carbocycles. The number of piperidine rings is 1. The van der Waals surface area contributed by atoms with Gasteiger partial charge in [0, 0.05) is 19.9 Å². The van der Waals surface area contributed by atoms with Crippen molar-refractivity contribution in [2.45, 2.75) is 68.3 Å². The number of aliphatic imine (C=N–C) groups is 1. The molecule has 11 heteroatoms. The van der Waals surface area contributed by atoms with Gasteiger partial charge < -0.3 is 19.1 Å². The molecule has 2 heterocycles. The van der Waals surface area contributed by atoms with Gasteiger partial charge in [-0.15, -0.1) is 0 Å². The number of rotatable bonds is 5. The van der Waals surface area contributed by atoms with Crippen molar-refractivity contribution < 1.29 is 36.3 Å². The van der Waals surface area contributed by atoms with Crippen LogP contribution in [0.2, 0.25) is 0 Å². The molecule has 36 heavy (non-hydrogen) atoms. The van der Waals surface area contributed by atoms with E-state index in [2.05, 4.69) is 4.99 Å². The molecule has 0 spiro atoms. The number of carbonyl (C=O) groups excluding carboxylic acids is 1. The number of benzene rings is 1. The highest BCUT2D eigenvalue weighted by Crippen LogP contribution is 2.35. The second-order valence-corrected chi connectivity index (χ2v) is 13.1. The fraction of sp³-hybridized carbons (Fsp3) is 0.600. The largest absolute Gasteiger partial charge is 0.516 e. The van der Waals surface area contributed by atoms with Crippen LogP contribution in [0.5, 0.6) is 5.75 Å². The summed E-state index contributed by atoms with van der Waals surface area (Å²) in [4.78, 5) is 18.7. The molecule has 1 saturated heterocycles. The second kappa shape index (κ2) is 9.66. The van der Waals surface area contributed by atoms with Crippen molar-refractivity contribution in [1.29, 1.82) is 0 Å². The Kier molecular flexibility index (Phi) is 7.09. The number of hydrogen-bond donors (Lipinski definition) is 0. The number of carbonyl (C=O) groups is 1. The molecule has 3 aliphatic rings. The number of ether oxygens (including phenoxy) is 3. The first-order chi connectivity index (χ1) is 16.8. The average molecular weight is 525 g/mol. The molecule has 0 aromatic heterocycles. The van der Waals surface area contributed by atoms with Crippen molar-refractivity contribution in [3.63, 3.8) is 0 Å². The Bertz CT molecular complexity index is 1180. The number of halogens is 1. The van der Waals surface area contributed by atoms with Crippen LogP contribution in [-0.2, 0) is 19.3 Å². The van der Waals surface area contributed by atoms with E-state index in [4.69, 9.17) is 14.2 Å². The minimum atomic E-state index is -3.49. The maximum atomic E-state index is 14.7. The third-order valence-corrected chi connectivity index (χ3v) is 8.74. The van der Waals surface area contributed by atoms with Crippen LogP contribution in [0.3, 0.4) is 0 Å². The van der Waals surface area contributed by atoms with Crippen molar-refractivity contribution in [3.8, 4) is 5.75 Å². The minimum Gasteiger partial charge on any atom is -0.475 e. The fourth-order valence-electron chi connectivity index (χ4n) is 4.07. The highest BCUT2D eigenvalue weighted by atomic mass is 32.2. The van der Waals surface area contributed by atoms with Gasteiger partial charge in [0.2, 0.25) is 5.90 Å². The lowest BCUT2D eigenvalue weighted by atomic mass is 10.1. The third kappa shape index (κ3) is 6.00. The first-order valence-electron chi connectivity index (χ1n) is 12.2. The molecule has 1 aliphatic carbocycles. The van der Waals surface area contributed by atoms with Gasteiger partial charge >= 0.3 is 6.09 Å². The van der Waals surface area contributed by atoms with Crippen LogP contribution < -0.4 is 4.74 Å². The standard InChI is InChI=1S/C25H35FN3O6S/c1-25(2,3)35-24(30)29(5)12-10-17(11-13-29)33-23-15-22(27-16-28(23)4)34-21-9-8-19(14-20(21)26)36(31,32)18-6-7-18/h8-9,14-15,17-18H,6-7,10-13,16H2,1-5H3/q+1. The van der Waals surface area contributed by atoms with Gasteiger partial charge in [0.1, 0.15) is 18.4 Å². The quantitative estimate of drug-likeness (QED) is 0.540. The summed E-state index contributed by atoms with van der Waals surface area (Å²) in [6.07, 6.45) is 3.81. The molecule has 0 unspecified atom stereocenters. The molecular formula is C25H35FN3O6S+. The maximum Gasteiger partial charge on any atom is 0.516 e. The van der Waals surface area contributed by atoms with E-state index in [1.54, 1.807) is 6.08 Å². The Morgan fingerprint density at radius 1 is 1.17 bits per heavy atom. The Morgan fingerprint density at radius 2 is 1.83 bits per heavy atom. The lowest BCUT2D eigenvalue weighted by Gasteiger charge is -2.39. The second-order valence-electron chi connectivity index (χ2n) is 10.9. The predicted molar refractivity (Wildman–Crippen MR) is 132 cm³/mol. The van der Waals surface area contributed by atoms with E-state index in [1.165, 1.54) is 12.1 Å². The Morgan fingerprint density at radius 3 is 2.42 bits per heavy atom. The topological polar surface area (TPSA) is 94.5 Å². The summed E-state index contributed by atoms with van der Waals surface area (Å²) in [5.41, 5.74) is -0.539. The Hall–Kier alpha value is -2.66. The van der Waals surface area contributed by atoms with Crippen LogP contribution in [0.4, 0.5) is 9.18 Å². The number of likely N-dealkylation sites (tertiary alicyclic amines) is 1. The van der Waals surface area contributed by atoms with E-state index in [9.17, 15) is 17.6 Å². The zero-order valence-corrected chi connectivity index (χ0v) is 22.3. The van der Waals surface area contributed by atoms with Crippen LogP contribution in [0.1, 0.15) is 46.5 Å². The van der Waals surface area contributed by atoms with E-state index in [-0.39, 0.29) is 39.9 Å². The van der Waals surface area contributed by atoms with Gasteiger partial charge in [0.05, 0.1) is 36.4 Å². The summed E-state index contributed by atoms with van der Waals surface area (Å²) in [6.45, 7) is 7.02. The van der Waals surface area contributed by atoms with E-state index in [1.807, 2.05) is 39.8 Å². The Balaban J connectivity index is 1.38. The molecule has 0 atom stereocenters. The smallest absolute Gasteiger partial charge is 0.475 e. The highest BCUT2D eigenvalue weighted by Gasteiger charge is 2.41. The van der Waals surface area contributed by atoms with Crippen molar-refractivity contribution in [2.75, 3.05) is 33.9 Å². The monoisotopic (exact) mass is 524 g/mol. The van der Waals surface area contributed by atoms with Gasteiger partial charge in [-0.25, -0.2) is 22.3 Å². The minimum absolute atomic E-state index is 0.0335. The van der Waals surface area contributed by atoms with Crippen LogP contribution >= 0.6 is 0 Å². The van der Waals surface area contributed by atoms with Crippen molar-refractivity contribution in [2.24, 2.45) is 4.99 Å². The zero-order chi connectivity index (χ0) is 26.3. The summed E-state index contributed by atoms with van der Waals surface area (Å²) in [5.74, 6) is -0.163. The molecule has 4 rings (SSSR count). The summed E-state index contributed by atoms with van der Waals surface area (Å²) in [7, 11) is 0.219. The molecule has 198 valence electrons. The summed E-state index contributed by atoms with van der Waals surface area (Å²) in [5, 5.41) is -0.412. The summed E-state index contributed by atoms with van der Waals surface area (Å²) < 4.78 is 57.0. The lowest BCUT2D eigenvalue weighted by molar-refractivity contribution is -0.845. The highest BCUT2D eigenvalue weighted by molar-refractivity contribution is 7.92. The molecule has 0 bridgehead atoms. The van der Waals surface area contributed by atoms with Gasteiger partial charge in [-0.2, -0.15) is 4.79 Å². The van der Waals surface area contributed by atoms with Crippen LogP contribution in [0.15, 0.2) is 40.0 Å². The molecule has 1 aromatic rings. The first kappa shape index (κ1) is 26.4. The molecule has 1 amide bonds. The van der Waals surface area contributed by atoms with Gasteiger partial charge in [-0.05, 0) is 51.8 Å². The predicted octanol–water partition coefficient (Wildman–Crippen LogP) is 3.84. The van der Waals surface area contributed by atoms with Crippen LogP contribution in [-0.4, -0.2) is 80.6 Å². The molecule has 2 fully saturated rings. The average Bonchev–Trinajstić information content (AvgIpc) is 3.64. The van der Waals surface area contributed by atoms with E-state index in [0.29, 0.717) is 44.7 Å². The van der Waals surface area contributed by atoms with E-state index < -0.39 is 26.5 Å². The van der Waals surface area contributed by atoms with Crippen LogP contribution in [0, 0.1) is 5.82 Å². The van der Waals surface area contributed by atoms with Crippen LogP contribution in [0.25, 0.3) is 0 Å². The normalized spacial score (nSPS) is 25.1. The number of hydrogen-bond acceptors (Lipinski definition) is 8. The number of amides is 1. The summed E-state index contributed by atoms with van der Waals surface area (Å²) >= 11 is 0. The van der Waals surface area contributed by atoms with Crippen molar-refractivity contribution in [1.82, 2.24) is 4.90 Å². The molecule has 0 radical (unpaired) electrons.